The second-order valence-electron chi connectivity index (χ2n) is 4.80. The Morgan fingerprint density at radius 1 is 1.00 bits per heavy atom. The lowest BCUT2D eigenvalue weighted by molar-refractivity contribution is 0.0953. The first-order chi connectivity index (χ1) is 10.6. The molecular formula is C17H17IN2O2. The van der Waals surface area contributed by atoms with Crippen LogP contribution in [0.3, 0.4) is 0 Å². The summed E-state index contributed by atoms with van der Waals surface area (Å²) in [7, 11) is 0. The summed E-state index contributed by atoms with van der Waals surface area (Å²) >= 11 is 2.17. The zero-order chi connectivity index (χ0) is 15.9. The van der Waals surface area contributed by atoms with Crippen molar-refractivity contribution in [2.75, 3.05) is 11.9 Å². The van der Waals surface area contributed by atoms with Crippen LogP contribution in [0.1, 0.15) is 34.1 Å². The summed E-state index contributed by atoms with van der Waals surface area (Å²) in [6, 6.07) is 14.2. The molecular weight excluding hydrogens is 391 g/mol. The van der Waals surface area contributed by atoms with E-state index in [-0.39, 0.29) is 11.8 Å². The lowest BCUT2D eigenvalue weighted by atomic mass is 10.1. The van der Waals surface area contributed by atoms with Crippen LogP contribution in [0.15, 0.2) is 48.5 Å². The van der Waals surface area contributed by atoms with Crippen LogP contribution in [0, 0.1) is 3.57 Å². The molecule has 0 saturated heterocycles. The molecule has 0 heterocycles. The van der Waals surface area contributed by atoms with E-state index in [4.69, 9.17) is 0 Å². The van der Waals surface area contributed by atoms with E-state index in [1.165, 1.54) is 0 Å². The maximum absolute atomic E-state index is 12.1. The standard InChI is InChI=1S/C17H17IN2O2/c1-2-10-19-16(21)12-6-8-15(9-7-12)20-17(22)13-4-3-5-14(18)11-13/h3-9,11H,2,10H2,1H3,(H,19,21)(H,20,22). The molecule has 0 fully saturated rings. The predicted octanol–water partition coefficient (Wildman–Crippen LogP) is 3.68. The third-order valence-electron chi connectivity index (χ3n) is 3.03. The lowest BCUT2D eigenvalue weighted by Crippen LogP contribution is -2.23. The van der Waals surface area contributed by atoms with Crippen LogP contribution in [-0.4, -0.2) is 18.4 Å². The molecule has 2 N–H and O–H groups in total. The Kier molecular flexibility index (Phi) is 5.94. The van der Waals surface area contributed by atoms with Gasteiger partial charge in [0.1, 0.15) is 0 Å². The van der Waals surface area contributed by atoms with E-state index < -0.39 is 0 Å². The van der Waals surface area contributed by atoms with Gasteiger partial charge in [0.2, 0.25) is 0 Å². The average Bonchev–Trinajstić information content (AvgIpc) is 2.53. The molecule has 0 unspecified atom stereocenters. The summed E-state index contributed by atoms with van der Waals surface area (Å²) in [6.07, 6.45) is 0.899. The Bertz CT molecular complexity index is 669. The highest BCUT2D eigenvalue weighted by Gasteiger charge is 2.08. The van der Waals surface area contributed by atoms with Crippen molar-refractivity contribution in [1.82, 2.24) is 5.32 Å². The minimum Gasteiger partial charge on any atom is -0.352 e. The number of nitrogens with one attached hydrogen (secondary N) is 2. The van der Waals surface area contributed by atoms with Gasteiger partial charge in [-0.2, -0.15) is 0 Å². The highest BCUT2D eigenvalue weighted by atomic mass is 127. The molecule has 0 saturated carbocycles. The van der Waals surface area contributed by atoms with Crippen molar-refractivity contribution >= 4 is 40.1 Å². The van der Waals surface area contributed by atoms with Gasteiger partial charge in [0.05, 0.1) is 0 Å². The van der Waals surface area contributed by atoms with Crippen molar-refractivity contribution < 1.29 is 9.59 Å². The molecule has 114 valence electrons. The third kappa shape index (κ3) is 4.56. The van der Waals surface area contributed by atoms with Gasteiger partial charge >= 0.3 is 0 Å². The molecule has 22 heavy (non-hydrogen) atoms. The fourth-order valence-corrected chi connectivity index (χ4v) is 2.42. The second kappa shape index (κ2) is 7.93. The van der Waals surface area contributed by atoms with Gasteiger partial charge in [-0.15, -0.1) is 0 Å². The van der Waals surface area contributed by atoms with Crippen LogP contribution in [0.25, 0.3) is 0 Å². The molecule has 0 aliphatic rings. The number of hydrogen-bond acceptors (Lipinski definition) is 2. The molecule has 4 nitrogen and oxygen atoms in total. The predicted molar refractivity (Wildman–Crippen MR) is 96.2 cm³/mol. The van der Waals surface area contributed by atoms with E-state index in [0.717, 1.165) is 9.99 Å². The van der Waals surface area contributed by atoms with Gasteiger partial charge < -0.3 is 10.6 Å². The van der Waals surface area contributed by atoms with Crippen LogP contribution < -0.4 is 10.6 Å². The second-order valence-corrected chi connectivity index (χ2v) is 6.04. The van der Waals surface area contributed by atoms with Gasteiger partial charge in [0, 0.05) is 26.9 Å². The smallest absolute Gasteiger partial charge is 0.255 e. The van der Waals surface area contributed by atoms with Crippen molar-refractivity contribution in [3.63, 3.8) is 0 Å². The molecule has 5 heteroatoms. The van der Waals surface area contributed by atoms with Crippen LogP contribution >= 0.6 is 22.6 Å². The first kappa shape index (κ1) is 16.5. The third-order valence-corrected chi connectivity index (χ3v) is 3.70. The van der Waals surface area contributed by atoms with Crippen LogP contribution in [0.5, 0.6) is 0 Å². The molecule has 0 radical (unpaired) electrons. The summed E-state index contributed by atoms with van der Waals surface area (Å²) in [5.74, 6) is -0.265. The average molecular weight is 408 g/mol. The fourth-order valence-electron chi connectivity index (χ4n) is 1.88. The van der Waals surface area contributed by atoms with Gasteiger partial charge in [-0.3, -0.25) is 9.59 Å². The topological polar surface area (TPSA) is 58.2 Å². The number of carbonyl (C=O) groups excluding carboxylic acids is 2. The number of amides is 2. The van der Waals surface area contributed by atoms with E-state index in [9.17, 15) is 9.59 Å². The maximum Gasteiger partial charge on any atom is 0.255 e. The first-order valence-corrected chi connectivity index (χ1v) is 8.13. The fraction of sp³-hybridized carbons (Fsp3) is 0.176. The monoisotopic (exact) mass is 408 g/mol. The van der Waals surface area contributed by atoms with Crippen LogP contribution in [0.2, 0.25) is 0 Å². The normalized spacial score (nSPS) is 10.1. The Balaban J connectivity index is 2.02. The largest absolute Gasteiger partial charge is 0.352 e. The molecule has 2 rings (SSSR count). The van der Waals surface area contributed by atoms with Crippen molar-refractivity contribution in [3.8, 4) is 0 Å². The quantitative estimate of drug-likeness (QED) is 0.742. The summed E-state index contributed by atoms with van der Waals surface area (Å²) in [5, 5.41) is 5.63. The summed E-state index contributed by atoms with van der Waals surface area (Å²) in [5.41, 5.74) is 1.85. The minimum absolute atomic E-state index is 0.0997. The highest BCUT2D eigenvalue weighted by molar-refractivity contribution is 14.1. The summed E-state index contributed by atoms with van der Waals surface area (Å²) in [6.45, 7) is 2.66. The molecule has 0 aromatic heterocycles. The number of benzene rings is 2. The number of hydrogen-bond donors (Lipinski definition) is 2. The molecule has 0 bridgehead atoms. The number of carbonyl (C=O) groups is 2. The maximum atomic E-state index is 12.1. The molecule has 0 spiro atoms. The van der Waals surface area contributed by atoms with Crippen molar-refractivity contribution in [2.45, 2.75) is 13.3 Å². The van der Waals surface area contributed by atoms with Crippen molar-refractivity contribution in [3.05, 3.63) is 63.2 Å². The van der Waals surface area contributed by atoms with Gasteiger partial charge in [-0.25, -0.2) is 0 Å². The Hall–Kier alpha value is -1.89. The van der Waals surface area contributed by atoms with Gasteiger partial charge in [0.15, 0.2) is 0 Å². The van der Waals surface area contributed by atoms with Crippen molar-refractivity contribution in [1.29, 1.82) is 0 Å². The number of rotatable bonds is 5. The molecule has 2 aromatic carbocycles. The Morgan fingerprint density at radius 2 is 1.73 bits per heavy atom. The van der Waals surface area contributed by atoms with Crippen LogP contribution in [-0.2, 0) is 0 Å². The lowest BCUT2D eigenvalue weighted by Gasteiger charge is -2.07. The van der Waals surface area contributed by atoms with Gasteiger partial charge in [0.25, 0.3) is 11.8 Å². The van der Waals surface area contributed by atoms with E-state index in [0.29, 0.717) is 23.4 Å². The zero-order valence-corrected chi connectivity index (χ0v) is 14.4. The summed E-state index contributed by atoms with van der Waals surface area (Å²) in [4.78, 5) is 23.9. The molecule has 2 amide bonds. The first-order valence-electron chi connectivity index (χ1n) is 7.05. The number of halogens is 1. The number of anilines is 1. The zero-order valence-electron chi connectivity index (χ0n) is 12.2. The van der Waals surface area contributed by atoms with Crippen LogP contribution in [0.4, 0.5) is 5.69 Å². The molecule has 0 aliphatic heterocycles. The molecule has 2 aromatic rings. The highest BCUT2D eigenvalue weighted by Crippen LogP contribution is 2.13. The van der Waals surface area contributed by atoms with Gasteiger partial charge in [-0.05, 0) is 71.5 Å². The Labute approximate surface area is 143 Å². The van der Waals surface area contributed by atoms with Crippen molar-refractivity contribution in [2.24, 2.45) is 0 Å². The van der Waals surface area contributed by atoms with E-state index in [1.54, 1.807) is 30.3 Å². The SMILES string of the molecule is CCCNC(=O)c1ccc(NC(=O)c2cccc(I)c2)cc1. The molecule has 0 atom stereocenters. The van der Waals surface area contributed by atoms with E-state index in [1.807, 2.05) is 25.1 Å². The minimum atomic E-state index is -0.165. The van der Waals surface area contributed by atoms with Gasteiger partial charge in [-0.1, -0.05) is 13.0 Å². The molecule has 0 aliphatic carbocycles. The Morgan fingerprint density at radius 3 is 2.36 bits per heavy atom. The van der Waals surface area contributed by atoms with E-state index >= 15 is 0 Å². The van der Waals surface area contributed by atoms with E-state index in [2.05, 4.69) is 33.2 Å². The summed E-state index contributed by atoms with van der Waals surface area (Å²) < 4.78 is 1.01.